The molecular weight excluding hydrogens is 352 g/mol. The molecule has 0 spiro atoms. The minimum absolute atomic E-state index is 0.153. The number of hydrogen-bond donors (Lipinski definition) is 1. The van der Waals surface area contributed by atoms with Crippen LogP contribution >= 0.6 is 0 Å². The van der Waals surface area contributed by atoms with E-state index in [9.17, 15) is 9.90 Å². The van der Waals surface area contributed by atoms with Gasteiger partial charge < -0.3 is 14.6 Å². The van der Waals surface area contributed by atoms with E-state index >= 15 is 0 Å². The molecule has 0 aliphatic heterocycles. The Kier molecular flexibility index (Phi) is 20.2. The fourth-order valence-electron chi connectivity index (χ4n) is 3.03. The van der Waals surface area contributed by atoms with Crippen molar-refractivity contribution in [3.8, 4) is 0 Å². The van der Waals surface area contributed by atoms with Crippen LogP contribution in [0.4, 0.5) is 0 Å². The molecule has 0 bridgehead atoms. The lowest BCUT2D eigenvalue weighted by molar-refractivity contribution is -0.175. The minimum Gasteiger partial charge on any atom is -0.436 e. The molecule has 0 aliphatic rings. The Morgan fingerprint density at radius 3 is 2.32 bits per heavy atom. The van der Waals surface area contributed by atoms with Gasteiger partial charge in [0.15, 0.2) is 6.29 Å². The van der Waals surface area contributed by atoms with Gasteiger partial charge in [0.05, 0.1) is 12.7 Å². The van der Waals surface area contributed by atoms with Crippen molar-refractivity contribution in [3.63, 3.8) is 0 Å². The molecule has 0 saturated heterocycles. The SMILES string of the molecule is CCCCCCC(O)C/C=C\CCCCCCCC(=O)OC(C)OCCCC. The number of unbranched alkanes of at least 4 members (excludes halogenated alkanes) is 9. The molecule has 0 heterocycles. The van der Waals surface area contributed by atoms with E-state index in [4.69, 9.17) is 9.47 Å². The summed E-state index contributed by atoms with van der Waals surface area (Å²) in [4.78, 5) is 11.7. The Hall–Kier alpha value is -0.870. The normalized spacial score (nSPS) is 13.7. The lowest BCUT2D eigenvalue weighted by Crippen LogP contribution is -2.18. The predicted octanol–water partition coefficient (Wildman–Crippen LogP) is 6.70. The average Bonchev–Trinajstić information content (AvgIpc) is 2.67. The van der Waals surface area contributed by atoms with Crippen LogP contribution in [0.1, 0.15) is 117 Å². The molecule has 1 N–H and O–H groups in total. The molecule has 2 atom stereocenters. The fraction of sp³-hybridized carbons (Fsp3) is 0.875. The highest BCUT2D eigenvalue weighted by molar-refractivity contribution is 5.69. The van der Waals surface area contributed by atoms with Crippen LogP contribution in [0.3, 0.4) is 0 Å². The molecule has 0 aromatic rings. The van der Waals surface area contributed by atoms with Crippen LogP contribution in [-0.2, 0) is 14.3 Å². The summed E-state index contributed by atoms with van der Waals surface area (Å²) in [6.45, 7) is 6.75. The minimum atomic E-state index is -0.430. The molecule has 0 aliphatic carbocycles. The summed E-state index contributed by atoms with van der Waals surface area (Å²) in [6, 6.07) is 0. The van der Waals surface area contributed by atoms with Gasteiger partial charge in [-0.3, -0.25) is 4.79 Å². The number of allylic oxidation sites excluding steroid dienone is 1. The molecule has 0 saturated carbocycles. The molecule has 4 nitrogen and oxygen atoms in total. The molecule has 0 aromatic carbocycles. The summed E-state index contributed by atoms with van der Waals surface area (Å²) in [5.41, 5.74) is 0. The maximum absolute atomic E-state index is 11.7. The van der Waals surface area contributed by atoms with E-state index in [1.54, 1.807) is 6.92 Å². The van der Waals surface area contributed by atoms with Crippen LogP contribution in [0.2, 0.25) is 0 Å². The van der Waals surface area contributed by atoms with Crippen LogP contribution in [0.25, 0.3) is 0 Å². The quantitative estimate of drug-likeness (QED) is 0.107. The molecule has 0 fully saturated rings. The van der Waals surface area contributed by atoms with Crippen molar-refractivity contribution in [1.82, 2.24) is 0 Å². The van der Waals surface area contributed by atoms with Crippen molar-refractivity contribution in [2.75, 3.05) is 6.61 Å². The summed E-state index contributed by atoms with van der Waals surface area (Å²) in [6.07, 6.45) is 19.5. The molecule has 0 amide bonds. The largest absolute Gasteiger partial charge is 0.436 e. The molecule has 2 unspecified atom stereocenters. The van der Waals surface area contributed by atoms with Crippen molar-refractivity contribution in [1.29, 1.82) is 0 Å². The summed E-state index contributed by atoms with van der Waals surface area (Å²) in [5.74, 6) is -0.153. The first-order chi connectivity index (χ1) is 13.6. The maximum Gasteiger partial charge on any atom is 0.308 e. The molecule has 0 radical (unpaired) electrons. The van der Waals surface area contributed by atoms with Crippen molar-refractivity contribution < 1.29 is 19.4 Å². The highest BCUT2D eigenvalue weighted by Gasteiger charge is 2.08. The van der Waals surface area contributed by atoms with Gasteiger partial charge in [-0.1, -0.05) is 77.4 Å². The second kappa shape index (κ2) is 20.9. The zero-order valence-corrected chi connectivity index (χ0v) is 18.8. The third-order valence-corrected chi connectivity index (χ3v) is 4.87. The zero-order valence-electron chi connectivity index (χ0n) is 18.8. The molecule has 166 valence electrons. The Balaban J connectivity index is 3.41. The molecular formula is C24H46O4. The standard InChI is InChI=1S/C24H46O4/c1-4-6-8-15-18-23(25)19-16-13-11-9-10-12-14-17-20-24(26)28-22(3)27-21-7-5-2/h13,16,22-23,25H,4-12,14-15,17-21H2,1-3H3/b16-13-. The van der Waals surface area contributed by atoms with E-state index in [-0.39, 0.29) is 12.1 Å². The van der Waals surface area contributed by atoms with Gasteiger partial charge in [0.25, 0.3) is 0 Å². The summed E-state index contributed by atoms with van der Waals surface area (Å²) < 4.78 is 10.7. The number of carbonyl (C=O) groups is 1. The Labute approximate surface area is 174 Å². The number of hydrogen-bond acceptors (Lipinski definition) is 4. The van der Waals surface area contributed by atoms with Crippen molar-refractivity contribution >= 4 is 5.97 Å². The number of aliphatic hydroxyl groups excluding tert-OH is 1. The van der Waals surface area contributed by atoms with Crippen molar-refractivity contribution in [2.24, 2.45) is 0 Å². The first-order valence-electron chi connectivity index (χ1n) is 11.7. The average molecular weight is 399 g/mol. The maximum atomic E-state index is 11.7. The first kappa shape index (κ1) is 27.1. The molecule has 28 heavy (non-hydrogen) atoms. The van der Waals surface area contributed by atoms with E-state index in [0.29, 0.717) is 13.0 Å². The van der Waals surface area contributed by atoms with Crippen LogP contribution in [-0.4, -0.2) is 30.1 Å². The van der Waals surface area contributed by atoms with Gasteiger partial charge in [-0.15, -0.1) is 0 Å². The van der Waals surface area contributed by atoms with Crippen LogP contribution < -0.4 is 0 Å². The van der Waals surface area contributed by atoms with Gasteiger partial charge in [0.1, 0.15) is 0 Å². The van der Waals surface area contributed by atoms with Gasteiger partial charge in [-0.2, -0.15) is 0 Å². The first-order valence-corrected chi connectivity index (χ1v) is 11.7. The summed E-state index contributed by atoms with van der Waals surface area (Å²) in [7, 11) is 0. The number of rotatable bonds is 20. The van der Waals surface area contributed by atoms with Crippen LogP contribution in [0, 0.1) is 0 Å². The van der Waals surface area contributed by atoms with Gasteiger partial charge in [-0.05, 0) is 45.4 Å². The number of esters is 1. The Bertz CT molecular complexity index is 368. The number of carbonyl (C=O) groups excluding carboxylic acids is 1. The summed E-state index contributed by atoms with van der Waals surface area (Å²) in [5, 5.41) is 9.90. The van der Waals surface area contributed by atoms with E-state index in [2.05, 4.69) is 26.0 Å². The second-order valence-corrected chi connectivity index (χ2v) is 7.80. The van der Waals surface area contributed by atoms with Gasteiger partial charge in [-0.25, -0.2) is 0 Å². The zero-order chi connectivity index (χ0) is 20.9. The lowest BCUT2D eigenvalue weighted by Gasteiger charge is -2.13. The third-order valence-electron chi connectivity index (χ3n) is 4.87. The van der Waals surface area contributed by atoms with E-state index in [1.807, 2.05) is 0 Å². The van der Waals surface area contributed by atoms with Gasteiger partial charge >= 0.3 is 5.97 Å². The van der Waals surface area contributed by atoms with E-state index in [1.165, 1.54) is 32.1 Å². The highest BCUT2D eigenvalue weighted by atomic mass is 16.7. The van der Waals surface area contributed by atoms with Gasteiger partial charge in [0.2, 0.25) is 0 Å². The number of aliphatic hydroxyl groups is 1. The molecule has 0 aromatic heterocycles. The fourth-order valence-corrected chi connectivity index (χ4v) is 3.03. The topological polar surface area (TPSA) is 55.8 Å². The van der Waals surface area contributed by atoms with Crippen molar-refractivity contribution in [2.45, 2.75) is 129 Å². The predicted molar refractivity (Wildman–Crippen MR) is 117 cm³/mol. The Morgan fingerprint density at radius 2 is 1.57 bits per heavy atom. The summed E-state index contributed by atoms with van der Waals surface area (Å²) >= 11 is 0. The Morgan fingerprint density at radius 1 is 0.893 bits per heavy atom. The monoisotopic (exact) mass is 398 g/mol. The number of ether oxygens (including phenoxy) is 2. The van der Waals surface area contributed by atoms with Crippen LogP contribution in [0.5, 0.6) is 0 Å². The highest BCUT2D eigenvalue weighted by Crippen LogP contribution is 2.11. The van der Waals surface area contributed by atoms with E-state index < -0.39 is 6.29 Å². The smallest absolute Gasteiger partial charge is 0.308 e. The van der Waals surface area contributed by atoms with Gasteiger partial charge in [0, 0.05) is 6.42 Å². The third kappa shape index (κ3) is 19.9. The molecule has 0 rings (SSSR count). The van der Waals surface area contributed by atoms with Crippen LogP contribution in [0.15, 0.2) is 12.2 Å². The van der Waals surface area contributed by atoms with Crippen molar-refractivity contribution in [3.05, 3.63) is 12.2 Å². The van der Waals surface area contributed by atoms with E-state index in [0.717, 1.165) is 57.8 Å². The molecule has 4 heteroatoms. The second-order valence-electron chi connectivity index (χ2n) is 7.80. The lowest BCUT2D eigenvalue weighted by atomic mass is 10.1.